The molecule has 0 saturated carbocycles. The van der Waals surface area contributed by atoms with E-state index in [1.165, 1.54) is 0 Å². The van der Waals surface area contributed by atoms with Crippen LogP contribution < -0.4 is 5.32 Å². The Morgan fingerprint density at radius 3 is 3.17 bits per heavy atom. The molecule has 1 fully saturated rings. The molecule has 0 radical (unpaired) electrons. The first kappa shape index (κ1) is 11.0. The predicted octanol–water partition coefficient (Wildman–Crippen LogP) is -0.227. The van der Waals surface area contributed by atoms with Gasteiger partial charge in [-0.25, -0.2) is 9.50 Å². The Hall–Kier alpha value is -2.17. The Kier molecular flexibility index (Phi) is 2.59. The molecule has 1 aliphatic heterocycles. The molecule has 2 N–H and O–H groups in total. The van der Waals surface area contributed by atoms with E-state index in [4.69, 9.17) is 10.00 Å². The average molecular weight is 245 g/mol. The molecule has 0 bridgehead atoms. The standard InChI is InChI=1S/C11H11N5O2/c12-2-7-1-8-3-13-11(15-16(8)4-7)14-9-5-18-6-10(9)17/h1,3-4,9-10,17H,5-6H2,(H,14,15)/t9-,10-/m1/s1. The van der Waals surface area contributed by atoms with Crippen molar-refractivity contribution in [1.29, 1.82) is 5.26 Å². The van der Waals surface area contributed by atoms with Gasteiger partial charge in [0, 0.05) is 6.20 Å². The van der Waals surface area contributed by atoms with Gasteiger partial charge in [0.05, 0.1) is 42.6 Å². The number of hydrogen-bond donors (Lipinski definition) is 2. The Morgan fingerprint density at radius 2 is 2.44 bits per heavy atom. The van der Waals surface area contributed by atoms with Crippen LogP contribution in [-0.4, -0.2) is 45.1 Å². The second-order valence-corrected chi connectivity index (χ2v) is 4.15. The van der Waals surface area contributed by atoms with Crippen LogP contribution in [0.25, 0.3) is 5.52 Å². The number of aliphatic hydroxyl groups is 1. The Morgan fingerprint density at radius 1 is 1.56 bits per heavy atom. The van der Waals surface area contributed by atoms with Gasteiger partial charge in [0.1, 0.15) is 6.07 Å². The van der Waals surface area contributed by atoms with Crippen LogP contribution in [0.15, 0.2) is 18.5 Å². The summed E-state index contributed by atoms with van der Waals surface area (Å²) in [4.78, 5) is 4.13. The summed E-state index contributed by atoms with van der Waals surface area (Å²) >= 11 is 0. The number of fused-ring (bicyclic) bond motifs is 1. The highest BCUT2D eigenvalue weighted by atomic mass is 16.5. The number of anilines is 1. The molecule has 7 heteroatoms. The maximum atomic E-state index is 9.61. The third-order valence-corrected chi connectivity index (χ3v) is 2.84. The van der Waals surface area contributed by atoms with Gasteiger partial charge in [-0.15, -0.1) is 5.10 Å². The minimum atomic E-state index is -0.552. The summed E-state index contributed by atoms with van der Waals surface area (Å²) in [5, 5.41) is 25.6. The van der Waals surface area contributed by atoms with Crippen molar-refractivity contribution in [1.82, 2.24) is 14.6 Å². The fourth-order valence-corrected chi connectivity index (χ4v) is 1.88. The number of nitrogens with zero attached hydrogens (tertiary/aromatic N) is 4. The van der Waals surface area contributed by atoms with Gasteiger partial charge in [-0.05, 0) is 6.07 Å². The molecule has 0 aromatic carbocycles. The number of aromatic nitrogens is 3. The Balaban J connectivity index is 1.86. The summed E-state index contributed by atoms with van der Waals surface area (Å²) in [6.07, 6.45) is 2.70. The van der Waals surface area contributed by atoms with Crippen LogP contribution in [0.3, 0.4) is 0 Å². The minimum absolute atomic E-state index is 0.201. The molecule has 0 unspecified atom stereocenters. The van der Waals surface area contributed by atoms with Crippen LogP contribution in [0.5, 0.6) is 0 Å². The van der Waals surface area contributed by atoms with E-state index >= 15 is 0 Å². The van der Waals surface area contributed by atoms with Gasteiger partial charge in [-0.2, -0.15) is 5.26 Å². The molecule has 0 amide bonds. The third-order valence-electron chi connectivity index (χ3n) is 2.84. The van der Waals surface area contributed by atoms with Gasteiger partial charge in [-0.3, -0.25) is 0 Å². The lowest BCUT2D eigenvalue weighted by Crippen LogP contribution is -2.32. The van der Waals surface area contributed by atoms with Crippen molar-refractivity contribution < 1.29 is 9.84 Å². The molecular weight excluding hydrogens is 234 g/mol. The van der Waals surface area contributed by atoms with Crippen molar-refractivity contribution in [3.05, 3.63) is 24.0 Å². The van der Waals surface area contributed by atoms with Crippen molar-refractivity contribution in [3.8, 4) is 6.07 Å². The lowest BCUT2D eigenvalue weighted by molar-refractivity contribution is 0.125. The second-order valence-electron chi connectivity index (χ2n) is 4.15. The first-order valence-corrected chi connectivity index (χ1v) is 5.54. The van der Waals surface area contributed by atoms with Gasteiger partial charge in [0.25, 0.3) is 0 Å². The molecule has 0 aliphatic carbocycles. The van der Waals surface area contributed by atoms with Gasteiger partial charge >= 0.3 is 0 Å². The van der Waals surface area contributed by atoms with Gasteiger partial charge in [-0.1, -0.05) is 0 Å². The third kappa shape index (κ3) is 1.88. The fraction of sp³-hybridized carbons (Fsp3) is 0.364. The Bertz CT molecular complexity index is 617. The number of nitrogens with one attached hydrogen (secondary N) is 1. The lowest BCUT2D eigenvalue weighted by Gasteiger charge is -2.13. The first-order valence-electron chi connectivity index (χ1n) is 5.54. The van der Waals surface area contributed by atoms with E-state index in [1.54, 1.807) is 23.0 Å². The summed E-state index contributed by atoms with van der Waals surface area (Å²) in [5.74, 6) is 0.400. The maximum absolute atomic E-state index is 9.61. The quantitative estimate of drug-likeness (QED) is 0.759. The maximum Gasteiger partial charge on any atom is 0.241 e. The van der Waals surface area contributed by atoms with Crippen molar-refractivity contribution in [2.75, 3.05) is 18.5 Å². The zero-order valence-electron chi connectivity index (χ0n) is 9.45. The highest BCUT2D eigenvalue weighted by Crippen LogP contribution is 2.12. The number of hydrogen-bond acceptors (Lipinski definition) is 6. The van der Waals surface area contributed by atoms with Gasteiger partial charge in [0.15, 0.2) is 0 Å². The van der Waals surface area contributed by atoms with E-state index in [2.05, 4.69) is 15.4 Å². The highest BCUT2D eigenvalue weighted by molar-refractivity contribution is 5.52. The molecule has 18 heavy (non-hydrogen) atoms. The monoisotopic (exact) mass is 245 g/mol. The molecule has 7 nitrogen and oxygen atoms in total. The number of nitriles is 1. The zero-order chi connectivity index (χ0) is 12.5. The molecule has 2 aromatic heterocycles. The lowest BCUT2D eigenvalue weighted by atomic mass is 10.2. The largest absolute Gasteiger partial charge is 0.388 e. The summed E-state index contributed by atoms with van der Waals surface area (Å²) in [6, 6.07) is 3.55. The van der Waals surface area contributed by atoms with Crippen molar-refractivity contribution in [2.45, 2.75) is 12.1 Å². The SMILES string of the molecule is N#Cc1cc2cnc(N[C@@H]3COC[C@H]3O)nn2c1. The summed E-state index contributed by atoms with van der Waals surface area (Å²) in [7, 11) is 0. The number of aliphatic hydroxyl groups excluding tert-OH is 1. The van der Waals surface area contributed by atoms with E-state index in [9.17, 15) is 5.11 Å². The van der Waals surface area contributed by atoms with Crippen LogP contribution in [0.2, 0.25) is 0 Å². The van der Waals surface area contributed by atoms with Crippen molar-refractivity contribution in [2.24, 2.45) is 0 Å². The van der Waals surface area contributed by atoms with Gasteiger partial charge < -0.3 is 15.2 Å². The predicted molar refractivity (Wildman–Crippen MR) is 61.9 cm³/mol. The van der Waals surface area contributed by atoms with Crippen LogP contribution >= 0.6 is 0 Å². The van der Waals surface area contributed by atoms with Crippen LogP contribution in [0, 0.1) is 11.3 Å². The molecule has 2 atom stereocenters. The van der Waals surface area contributed by atoms with Crippen LogP contribution in [0.4, 0.5) is 5.95 Å². The smallest absolute Gasteiger partial charge is 0.241 e. The van der Waals surface area contributed by atoms with E-state index in [1.807, 2.05) is 6.07 Å². The number of rotatable bonds is 2. The normalized spacial score (nSPS) is 23.1. The molecule has 0 spiro atoms. The molecule has 1 aliphatic rings. The first-order chi connectivity index (χ1) is 8.76. The molecule has 3 heterocycles. The summed E-state index contributed by atoms with van der Waals surface area (Å²) in [6.45, 7) is 0.750. The van der Waals surface area contributed by atoms with Crippen molar-refractivity contribution in [3.63, 3.8) is 0 Å². The van der Waals surface area contributed by atoms with E-state index in [-0.39, 0.29) is 6.04 Å². The van der Waals surface area contributed by atoms with E-state index in [0.29, 0.717) is 24.7 Å². The number of ether oxygens (including phenoxy) is 1. The minimum Gasteiger partial charge on any atom is -0.388 e. The molecule has 92 valence electrons. The molecule has 2 aromatic rings. The molecular formula is C11H11N5O2. The van der Waals surface area contributed by atoms with E-state index < -0.39 is 6.10 Å². The van der Waals surface area contributed by atoms with Crippen molar-refractivity contribution >= 4 is 11.5 Å². The summed E-state index contributed by atoms with van der Waals surface area (Å²) in [5.41, 5.74) is 1.28. The fourth-order valence-electron chi connectivity index (χ4n) is 1.88. The zero-order valence-corrected chi connectivity index (χ0v) is 9.45. The van der Waals surface area contributed by atoms with Crippen LogP contribution in [0.1, 0.15) is 5.56 Å². The topological polar surface area (TPSA) is 95.5 Å². The average Bonchev–Trinajstić information content (AvgIpc) is 2.95. The van der Waals surface area contributed by atoms with Gasteiger partial charge in [0.2, 0.25) is 5.95 Å². The molecule has 3 rings (SSSR count). The van der Waals surface area contributed by atoms with E-state index in [0.717, 1.165) is 5.52 Å². The molecule has 1 saturated heterocycles. The second kappa shape index (κ2) is 4.25. The summed E-state index contributed by atoms with van der Waals surface area (Å²) < 4.78 is 6.71. The Labute approximate surface area is 103 Å². The highest BCUT2D eigenvalue weighted by Gasteiger charge is 2.26. The van der Waals surface area contributed by atoms with Crippen LogP contribution in [-0.2, 0) is 4.74 Å².